The van der Waals surface area contributed by atoms with Crippen LogP contribution in [0.15, 0.2) is 66.7 Å². The molecular weight excluding hydrogens is 352 g/mol. The van der Waals surface area contributed by atoms with Crippen LogP contribution in [0.25, 0.3) is 22.4 Å². The van der Waals surface area contributed by atoms with Crippen molar-refractivity contribution in [3.05, 3.63) is 83.4 Å². The molecule has 0 spiro atoms. The highest BCUT2D eigenvalue weighted by atomic mass is 16.5. The molecule has 0 unspecified atom stereocenters. The highest BCUT2D eigenvalue weighted by Gasteiger charge is 2.12. The fraction of sp³-hybridized carbons (Fsp3) is 0.0909. The van der Waals surface area contributed by atoms with Gasteiger partial charge in [0.1, 0.15) is 18.2 Å². The van der Waals surface area contributed by atoms with Gasteiger partial charge >= 0.3 is 0 Å². The van der Waals surface area contributed by atoms with Crippen molar-refractivity contribution < 1.29 is 9.53 Å². The van der Waals surface area contributed by atoms with Gasteiger partial charge in [0.05, 0.1) is 16.6 Å². The lowest BCUT2D eigenvalue weighted by atomic mass is 10.1. The maximum Gasteiger partial charge on any atom is 0.265 e. The van der Waals surface area contributed by atoms with Crippen LogP contribution in [0.4, 0.5) is 0 Å². The first-order chi connectivity index (χ1) is 13.6. The number of hydrazine groups is 1. The van der Waals surface area contributed by atoms with Gasteiger partial charge in [-0.25, -0.2) is 10.8 Å². The van der Waals surface area contributed by atoms with E-state index in [-0.39, 0.29) is 5.91 Å². The Morgan fingerprint density at radius 3 is 2.68 bits per heavy atom. The van der Waals surface area contributed by atoms with Gasteiger partial charge in [-0.1, -0.05) is 42.0 Å². The highest BCUT2D eigenvalue weighted by Crippen LogP contribution is 2.30. The third kappa shape index (κ3) is 3.58. The minimum Gasteiger partial charge on any atom is -0.488 e. The summed E-state index contributed by atoms with van der Waals surface area (Å²) in [5, 5.41) is 0. The van der Waals surface area contributed by atoms with E-state index in [1.165, 1.54) is 5.56 Å². The summed E-state index contributed by atoms with van der Waals surface area (Å²) in [6.07, 6.45) is 0. The molecule has 0 saturated carbocycles. The van der Waals surface area contributed by atoms with E-state index in [1.807, 2.05) is 24.3 Å². The molecule has 1 aromatic heterocycles. The number of fused-ring (bicyclic) bond motifs is 1. The molecule has 6 heteroatoms. The van der Waals surface area contributed by atoms with Gasteiger partial charge < -0.3 is 9.72 Å². The van der Waals surface area contributed by atoms with Crippen molar-refractivity contribution in [2.45, 2.75) is 13.5 Å². The molecule has 0 bridgehead atoms. The highest BCUT2D eigenvalue weighted by molar-refractivity contribution is 5.97. The molecule has 0 aliphatic carbocycles. The molecule has 1 amide bonds. The number of aryl methyl sites for hydroxylation is 1. The summed E-state index contributed by atoms with van der Waals surface area (Å²) in [7, 11) is 0. The van der Waals surface area contributed by atoms with Crippen molar-refractivity contribution in [2.75, 3.05) is 0 Å². The number of nitrogens with zero attached hydrogens (tertiary/aromatic N) is 1. The molecule has 1 heterocycles. The number of para-hydroxylation sites is 1. The van der Waals surface area contributed by atoms with Crippen LogP contribution in [0.3, 0.4) is 0 Å². The van der Waals surface area contributed by atoms with Gasteiger partial charge in [-0.2, -0.15) is 0 Å². The topological polar surface area (TPSA) is 93.0 Å². The number of benzene rings is 3. The molecule has 4 N–H and O–H groups in total. The summed E-state index contributed by atoms with van der Waals surface area (Å²) in [5.74, 6) is 6.28. The Bertz CT molecular complexity index is 1130. The maximum atomic E-state index is 11.7. The second-order valence-corrected chi connectivity index (χ2v) is 6.56. The van der Waals surface area contributed by atoms with Gasteiger partial charge in [0.25, 0.3) is 5.91 Å². The summed E-state index contributed by atoms with van der Waals surface area (Å²) in [5.41, 5.74) is 7.29. The number of hydrogen-bond donors (Lipinski definition) is 3. The molecule has 0 saturated heterocycles. The number of rotatable bonds is 5. The van der Waals surface area contributed by atoms with Crippen LogP contribution in [-0.4, -0.2) is 15.9 Å². The number of hydrogen-bond acceptors (Lipinski definition) is 4. The van der Waals surface area contributed by atoms with Gasteiger partial charge in [0, 0.05) is 5.56 Å². The minimum absolute atomic E-state index is 0.347. The van der Waals surface area contributed by atoms with Crippen LogP contribution in [0.5, 0.6) is 5.75 Å². The van der Waals surface area contributed by atoms with Crippen molar-refractivity contribution in [3.8, 4) is 17.1 Å². The first kappa shape index (κ1) is 17.8. The smallest absolute Gasteiger partial charge is 0.265 e. The molecule has 0 radical (unpaired) electrons. The van der Waals surface area contributed by atoms with Gasteiger partial charge in [0.2, 0.25) is 0 Å². The van der Waals surface area contributed by atoms with Crippen molar-refractivity contribution in [1.82, 2.24) is 15.4 Å². The molecule has 0 aliphatic heterocycles. The quantitative estimate of drug-likeness (QED) is 0.283. The summed E-state index contributed by atoms with van der Waals surface area (Å²) in [6, 6.07) is 21.2. The van der Waals surface area contributed by atoms with E-state index in [0.717, 1.165) is 27.9 Å². The van der Waals surface area contributed by atoms with E-state index in [0.29, 0.717) is 18.0 Å². The number of amides is 1. The van der Waals surface area contributed by atoms with E-state index < -0.39 is 0 Å². The monoisotopic (exact) mass is 372 g/mol. The predicted molar refractivity (Wildman–Crippen MR) is 109 cm³/mol. The number of nitrogen functional groups attached to an aromatic ring is 1. The number of carbonyl (C=O) groups is 1. The van der Waals surface area contributed by atoms with Crippen molar-refractivity contribution in [1.29, 1.82) is 0 Å². The first-order valence-electron chi connectivity index (χ1n) is 8.92. The van der Waals surface area contributed by atoms with Crippen LogP contribution in [0.1, 0.15) is 21.5 Å². The second kappa shape index (κ2) is 7.54. The summed E-state index contributed by atoms with van der Waals surface area (Å²) in [6.45, 7) is 2.53. The summed E-state index contributed by atoms with van der Waals surface area (Å²) < 4.78 is 6.05. The van der Waals surface area contributed by atoms with Crippen LogP contribution in [-0.2, 0) is 6.61 Å². The fourth-order valence-electron chi connectivity index (χ4n) is 3.00. The Hall–Kier alpha value is -3.64. The maximum absolute atomic E-state index is 11.7. The lowest BCUT2D eigenvalue weighted by Gasteiger charge is -2.10. The lowest BCUT2D eigenvalue weighted by molar-refractivity contribution is 0.0954. The van der Waals surface area contributed by atoms with Crippen LogP contribution in [0.2, 0.25) is 0 Å². The van der Waals surface area contributed by atoms with E-state index >= 15 is 0 Å². The Kier molecular flexibility index (Phi) is 4.78. The molecule has 6 nitrogen and oxygen atoms in total. The molecule has 4 aromatic rings. The minimum atomic E-state index is -0.347. The van der Waals surface area contributed by atoms with Gasteiger partial charge in [-0.15, -0.1) is 0 Å². The number of aromatic amines is 1. The lowest BCUT2D eigenvalue weighted by Crippen LogP contribution is -2.29. The molecular formula is C22H20N4O2. The molecule has 4 rings (SSSR count). The predicted octanol–water partition coefficient (Wildman–Crippen LogP) is 3.72. The van der Waals surface area contributed by atoms with Crippen LogP contribution in [0, 0.1) is 6.92 Å². The SMILES string of the molecule is Cc1ccc(COc2ccccc2-c2nc3ccc(C(=O)NN)cc3[nH]2)cc1. The first-order valence-corrected chi connectivity index (χ1v) is 8.92. The third-order valence-corrected chi connectivity index (χ3v) is 4.53. The number of aromatic nitrogens is 2. The summed E-state index contributed by atoms with van der Waals surface area (Å²) in [4.78, 5) is 19.6. The fourth-order valence-corrected chi connectivity index (χ4v) is 3.00. The van der Waals surface area contributed by atoms with E-state index in [4.69, 9.17) is 10.6 Å². The van der Waals surface area contributed by atoms with Crippen molar-refractivity contribution in [3.63, 3.8) is 0 Å². The zero-order valence-corrected chi connectivity index (χ0v) is 15.4. The standard InChI is InChI=1S/C22H20N4O2/c1-14-6-8-15(9-7-14)13-28-20-5-3-2-4-17(20)21-24-18-11-10-16(22(27)26-23)12-19(18)25-21/h2-12H,13,23H2,1H3,(H,24,25)(H,26,27). The Morgan fingerprint density at radius 1 is 1.11 bits per heavy atom. The average Bonchev–Trinajstić information content (AvgIpc) is 3.16. The second-order valence-electron chi connectivity index (χ2n) is 6.56. The van der Waals surface area contributed by atoms with E-state index in [9.17, 15) is 4.79 Å². The van der Waals surface area contributed by atoms with Gasteiger partial charge in [-0.3, -0.25) is 10.2 Å². The zero-order valence-electron chi connectivity index (χ0n) is 15.4. The molecule has 0 atom stereocenters. The van der Waals surface area contributed by atoms with Gasteiger partial charge in [-0.05, 0) is 42.8 Å². The number of nitrogens with two attached hydrogens (primary N) is 1. The molecule has 140 valence electrons. The number of imidazole rings is 1. The van der Waals surface area contributed by atoms with Crippen molar-refractivity contribution >= 4 is 16.9 Å². The zero-order chi connectivity index (χ0) is 19.5. The van der Waals surface area contributed by atoms with E-state index in [1.54, 1.807) is 18.2 Å². The van der Waals surface area contributed by atoms with Crippen molar-refractivity contribution in [2.24, 2.45) is 5.84 Å². The number of H-pyrrole nitrogens is 1. The number of nitrogens with one attached hydrogen (secondary N) is 2. The summed E-state index contributed by atoms with van der Waals surface area (Å²) >= 11 is 0. The molecule has 0 fully saturated rings. The molecule has 28 heavy (non-hydrogen) atoms. The molecule has 3 aromatic carbocycles. The number of carbonyl (C=O) groups excluding carboxylic acids is 1. The van der Waals surface area contributed by atoms with Gasteiger partial charge in [0.15, 0.2) is 0 Å². The average molecular weight is 372 g/mol. The Balaban J connectivity index is 1.63. The third-order valence-electron chi connectivity index (χ3n) is 4.53. The number of ether oxygens (including phenoxy) is 1. The largest absolute Gasteiger partial charge is 0.488 e. The normalized spacial score (nSPS) is 10.8. The Labute approximate surface area is 162 Å². The molecule has 0 aliphatic rings. The van der Waals surface area contributed by atoms with Crippen LogP contribution >= 0.6 is 0 Å². The Morgan fingerprint density at radius 2 is 1.89 bits per heavy atom. The van der Waals surface area contributed by atoms with E-state index in [2.05, 4.69) is 46.6 Å². The van der Waals surface area contributed by atoms with Crippen LogP contribution < -0.4 is 16.0 Å².